The van der Waals surface area contributed by atoms with E-state index in [-0.39, 0.29) is 11.4 Å². The Labute approximate surface area is 240 Å². The molecule has 1 N–H and O–H groups in total. The van der Waals surface area contributed by atoms with Crippen LogP contribution >= 0.6 is 0 Å². The maximum atomic E-state index is 16.8. The van der Waals surface area contributed by atoms with Gasteiger partial charge in [0, 0.05) is 36.9 Å². The van der Waals surface area contributed by atoms with Gasteiger partial charge in [0.15, 0.2) is 5.82 Å². The normalized spacial score (nSPS) is 28.4. The molecule has 6 heterocycles. The lowest BCUT2D eigenvalue weighted by molar-refractivity contribution is 0.108. The van der Waals surface area contributed by atoms with Gasteiger partial charge in [-0.05, 0) is 100 Å². The van der Waals surface area contributed by atoms with Gasteiger partial charge in [-0.15, -0.1) is 0 Å². The molecule has 0 amide bonds. The molecule has 3 unspecified atom stereocenters. The fourth-order valence-corrected chi connectivity index (χ4v) is 9.05. The van der Waals surface area contributed by atoms with Crippen LogP contribution in [0.1, 0.15) is 74.8 Å². The smallest absolute Gasteiger partial charge is 0.319 e. The van der Waals surface area contributed by atoms with Gasteiger partial charge in [0.2, 0.25) is 0 Å². The molecule has 7 nitrogen and oxygen atoms in total. The molecule has 4 saturated heterocycles. The minimum Gasteiger partial charge on any atom is -0.461 e. The van der Waals surface area contributed by atoms with Gasteiger partial charge in [0.05, 0.1) is 10.9 Å². The van der Waals surface area contributed by atoms with E-state index < -0.39 is 0 Å². The summed E-state index contributed by atoms with van der Waals surface area (Å²) < 4.78 is 23.2. The molecule has 5 fully saturated rings. The Morgan fingerprint density at radius 2 is 1.80 bits per heavy atom. The zero-order valence-corrected chi connectivity index (χ0v) is 23.7. The summed E-state index contributed by atoms with van der Waals surface area (Å²) in [4.78, 5) is 19.5. The van der Waals surface area contributed by atoms with Gasteiger partial charge >= 0.3 is 6.01 Å². The molecule has 9 rings (SSSR count). The molecule has 1 saturated carbocycles. The number of piperazine rings is 1. The molecule has 0 spiro atoms. The molecule has 0 radical (unpaired) electrons. The Bertz CT molecular complexity index is 1500. The second kappa shape index (κ2) is 9.33. The van der Waals surface area contributed by atoms with Crippen molar-refractivity contribution in [1.82, 2.24) is 25.2 Å². The zero-order chi connectivity index (χ0) is 27.1. The lowest BCUT2D eigenvalue weighted by Gasteiger charge is -2.34. The molecular formula is C33H39FN6O. The van der Waals surface area contributed by atoms with Gasteiger partial charge in [0.1, 0.15) is 23.6 Å². The van der Waals surface area contributed by atoms with Crippen molar-refractivity contribution in [3.8, 4) is 17.3 Å². The SMILES string of the molecule is Fc1c(-c2cccc3c2C(C2CC2)CC3)ncc2c(N3CC4CCC(C3)N4)nc(OCC34CCCN3CCC4)nc12. The number of hydrogen-bond donors (Lipinski definition) is 1. The van der Waals surface area contributed by atoms with Crippen molar-refractivity contribution in [2.45, 2.75) is 87.7 Å². The predicted octanol–water partition coefficient (Wildman–Crippen LogP) is 5.22. The van der Waals surface area contributed by atoms with Gasteiger partial charge in [0.25, 0.3) is 0 Å². The molecule has 4 aliphatic heterocycles. The second-order valence-corrected chi connectivity index (χ2v) is 13.6. The highest BCUT2D eigenvalue weighted by atomic mass is 19.1. The number of ether oxygens (including phenoxy) is 1. The molecule has 1 aromatic carbocycles. The van der Waals surface area contributed by atoms with Crippen molar-refractivity contribution in [3.05, 3.63) is 41.3 Å². The molecular weight excluding hydrogens is 515 g/mol. The highest BCUT2D eigenvalue weighted by molar-refractivity contribution is 5.92. The third-order valence-electron chi connectivity index (χ3n) is 11.2. The highest BCUT2D eigenvalue weighted by Crippen LogP contribution is 2.52. The first kappa shape index (κ1) is 24.7. The van der Waals surface area contributed by atoms with Crippen LogP contribution in [-0.4, -0.2) is 70.3 Å². The number of halogens is 1. The van der Waals surface area contributed by atoms with Crippen LogP contribution in [0.15, 0.2) is 24.4 Å². The Kier molecular flexibility index (Phi) is 5.63. The number of fused-ring (bicyclic) bond motifs is 5. The van der Waals surface area contributed by atoms with Crippen LogP contribution in [0.5, 0.6) is 6.01 Å². The summed E-state index contributed by atoms with van der Waals surface area (Å²) in [5.41, 5.74) is 4.48. The van der Waals surface area contributed by atoms with Crippen molar-refractivity contribution < 1.29 is 9.13 Å². The van der Waals surface area contributed by atoms with Crippen molar-refractivity contribution in [3.63, 3.8) is 0 Å². The van der Waals surface area contributed by atoms with E-state index in [9.17, 15) is 0 Å². The van der Waals surface area contributed by atoms with Crippen molar-refractivity contribution >= 4 is 16.7 Å². The fourth-order valence-electron chi connectivity index (χ4n) is 9.05. The molecule has 2 aromatic heterocycles. The van der Waals surface area contributed by atoms with Crippen molar-refractivity contribution in [2.75, 3.05) is 37.7 Å². The summed E-state index contributed by atoms with van der Waals surface area (Å²) in [5, 5.41) is 4.40. The van der Waals surface area contributed by atoms with Crippen molar-refractivity contribution in [2.24, 2.45) is 5.92 Å². The Hall–Kier alpha value is -2.84. The van der Waals surface area contributed by atoms with Crippen LogP contribution < -0.4 is 15.0 Å². The maximum Gasteiger partial charge on any atom is 0.319 e. The summed E-state index contributed by atoms with van der Waals surface area (Å²) >= 11 is 0. The first-order chi connectivity index (χ1) is 20.1. The molecule has 41 heavy (non-hydrogen) atoms. The van der Waals surface area contributed by atoms with Gasteiger partial charge in [-0.25, -0.2) is 4.39 Å². The Morgan fingerprint density at radius 3 is 2.59 bits per heavy atom. The highest BCUT2D eigenvalue weighted by Gasteiger charge is 2.45. The van der Waals surface area contributed by atoms with Gasteiger partial charge in [-0.1, -0.05) is 18.2 Å². The third-order valence-corrected chi connectivity index (χ3v) is 11.2. The molecule has 8 heteroatoms. The van der Waals surface area contributed by atoms with Crippen LogP contribution in [0.4, 0.5) is 10.2 Å². The fraction of sp³-hybridized carbons (Fsp3) is 0.606. The summed E-state index contributed by atoms with van der Waals surface area (Å²) in [7, 11) is 0. The number of benzene rings is 1. The third kappa shape index (κ3) is 4.00. The largest absolute Gasteiger partial charge is 0.461 e. The van der Waals surface area contributed by atoms with E-state index in [1.54, 1.807) is 0 Å². The van der Waals surface area contributed by atoms with E-state index in [1.807, 2.05) is 6.20 Å². The van der Waals surface area contributed by atoms with Gasteiger partial charge in [-0.3, -0.25) is 9.88 Å². The van der Waals surface area contributed by atoms with Crippen LogP contribution in [0, 0.1) is 11.7 Å². The number of rotatable bonds is 6. The van der Waals surface area contributed by atoms with Crippen LogP contribution in [0.25, 0.3) is 22.2 Å². The Balaban J connectivity index is 1.15. The summed E-state index contributed by atoms with van der Waals surface area (Å²) in [5.74, 6) is 1.69. The summed E-state index contributed by atoms with van der Waals surface area (Å²) in [6.45, 7) is 4.57. The number of nitrogens with zero attached hydrogens (tertiary/aromatic N) is 5. The topological polar surface area (TPSA) is 66.4 Å². The molecule has 214 valence electrons. The first-order valence-electron chi connectivity index (χ1n) is 16.0. The average molecular weight is 555 g/mol. The van der Waals surface area contributed by atoms with E-state index in [0.717, 1.165) is 62.7 Å². The molecule has 3 aromatic rings. The van der Waals surface area contributed by atoms with Crippen molar-refractivity contribution in [1.29, 1.82) is 0 Å². The summed E-state index contributed by atoms with van der Waals surface area (Å²) in [6.07, 6.45) is 13.7. The minimum absolute atomic E-state index is 0.0804. The first-order valence-corrected chi connectivity index (χ1v) is 16.0. The lowest BCUT2D eigenvalue weighted by atomic mass is 9.90. The zero-order valence-electron chi connectivity index (χ0n) is 23.7. The molecule has 2 aliphatic carbocycles. The predicted molar refractivity (Wildman–Crippen MR) is 157 cm³/mol. The number of nitrogens with one attached hydrogen (secondary N) is 1. The average Bonchev–Trinajstić information content (AvgIpc) is 3.27. The number of pyridine rings is 1. The van der Waals surface area contributed by atoms with Crippen LogP contribution in [-0.2, 0) is 6.42 Å². The number of aromatic nitrogens is 3. The Morgan fingerprint density at radius 1 is 1.00 bits per heavy atom. The van der Waals surface area contributed by atoms with E-state index in [1.165, 1.54) is 56.1 Å². The quantitative estimate of drug-likeness (QED) is 0.448. The molecule has 3 atom stereocenters. The summed E-state index contributed by atoms with van der Waals surface area (Å²) in [6, 6.07) is 7.54. The van der Waals surface area contributed by atoms with E-state index in [0.29, 0.717) is 47.2 Å². The van der Waals surface area contributed by atoms with E-state index in [2.05, 4.69) is 33.3 Å². The minimum atomic E-state index is -0.342. The number of hydrogen-bond acceptors (Lipinski definition) is 7. The van der Waals surface area contributed by atoms with E-state index in [4.69, 9.17) is 19.7 Å². The van der Waals surface area contributed by atoms with Gasteiger partial charge in [-0.2, -0.15) is 9.97 Å². The van der Waals surface area contributed by atoms with Crippen LogP contribution in [0.3, 0.4) is 0 Å². The number of aryl methyl sites for hydroxylation is 1. The molecule has 2 bridgehead atoms. The van der Waals surface area contributed by atoms with Crippen LogP contribution in [0.2, 0.25) is 0 Å². The van der Waals surface area contributed by atoms with E-state index >= 15 is 4.39 Å². The standard InChI is InChI=1S/C33H39FN6O/c34-28-29(25-5-1-4-21-8-11-24(27(21)25)20-6-7-20)35-16-26-30(28)37-32(41-19-33-12-2-14-40(33)15-3-13-33)38-31(26)39-17-22-9-10-23(18-39)36-22/h1,4-5,16,20,22-24,36H,2-3,6-15,17-19H2. The molecule has 6 aliphatic rings. The maximum absolute atomic E-state index is 16.8. The monoisotopic (exact) mass is 554 g/mol. The lowest BCUT2D eigenvalue weighted by Crippen LogP contribution is -2.51. The number of anilines is 1. The second-order valence-electron chi connectivity index (χ2n) is 13.6. The van der Waals surface area contributed by atoms with Gasteiger partial charge < -0.3 is 15.0 Å².